The third-order valence-electron chi connectivity index (χ3n) is 5.82. The lowest BCUT2D eigenvalue weighted by molar-refractivity contribution is -0.279. The van der Waals surface area contributed by atoms with E-state index < -0.39 is 49.4 Å². The van der Waals surface area contributed by atoms with Crippen molar-refractivity contribution in [1.29, 1.82) is 0 Å². The van der Waals surface area contributed by atoms with Gasteiger partial charge in [0.25, 0.3) is 0 Å². The Morgan fingerprint density at radius 2 is 1.78 bits per heavy atom. The van der Waals surface area contributed by atoms with E-state index in [1.165, 1.54) is 6.92 Å². The van der Waals surface area contributed by atoms with Crippen molar-refractivity contribution in [3.05, 3.63) is 72.8 Å². The topological polar surface area (TPSA) is 146 Å². The molecule has 0 bridgehead atoms. The summed E-state index contributed by atoms with van der Waals surface area (Å²) < 4.78 is 16.4. The highest BCUT2D eigenvalue weighted by Gasteiger charge is 2.45. The van der Waals surface area contributed by atoms with Crippen LogP contribution in [0.4, 0.5) is 0 Å². The normalized spacial score (nSPS) is 24.5. The van der Waals surface area contributed by atoms with Gasteiger partial charge < -0.3 is 39.7 Å². The molecule has 2 aromatic rings. The van der Waals surface area contributed by atoms with Crippen LogP contribution < -0.4 is 4.74 Å². The lowest BCUT2D eigenvalue weighted by atomic mass is 9.97. The zero-order valence-electron chi connectivity index (χ0n) is 20.0. The summed E-state index contributed by atoms with van der Waals surface area (Å²) in [5.41, 5.74) is 3.01. The number of carbonyl (C=O) groups is 1. The molecule has 9 heteroatoms. The standard InChI is InChI=1S/C27H32O9/c1-4-6-16-8-10-20(29)19(12-16)17-9-11-21(18(13-17)7-5-2)35-27-25(32)24(31)23(30)22(36-27)14-34-26(33)15(3)28/h4-5,8-13,15,22-25,27-32H,1-2,6-7,14H2,3H3/t15-,22-,23-,24+,25-,27-/m1/s1. The molecule has 0 aromatic heterocycles. The van der Waals surface area contributed by atoms with Crippen molar-refractivity contribution in [2.45, 2.75) is 56.6 Å². The first-order chi connectivity index (χ1) is 17.2. The quantitative estimate of drug-likeness (QED) is 0.243. The second-order valence-electron chi connectivity index (χ2n) is 8.60. The summed E-state index contributed by atoms with van der Waals surface area (Å²) in [4.78, 5) is 11.6. The molecular weight excluding hydrogens is 468 g/mol. The molecule has 1 fully saturated rings. The van der Waals surface area contributed by atoms with E-state index in [0.717, 1.165) is 11.1 Å². The molecule has 194 valence electrons. The average molecular weight is 501 g/mol. The van der Waals surface area contributed by atoms with Crippen LogP contribution in [0.1, 0.15) is 18.1 Å². The van der Waals surface area contributed by atoms with Gasteiger partial charge in [0.1, 0.15) is 48.6 Å². The Bertz CT molecular complexity index is 1080. The van der Waals surface area contributed by atoms with Gasteiger partial charge in [-0.05, 0) is 60.7 Å². The van der Waals surface area contributed by atoms with E-state index in [1.54, 1.807) is 30.4 Å². The molecular formula is C27H32O9. The lowest BCUT2D eigenvalue weighted by Crippen LogP contribution is -2.60. The van der Waals surface area contributed by atoms with Crippen molar-refractivity contribution in [2.75, 3.05) is 6.61 Å². The van der Waals surface area contributed by atoms with Crippen LogP contribution >= 0.6 is 0 Å². The largest absolute Gasteiger partial charge is 0.507 e. The molecule has 1 aliphatic rings. The van der Waals surface area contributed by atoms with E-state index >= 15 is 0 Å². The molecule has 0 spiro atoms. The van der Waals surface area contributed by atoms with Crippen LogP contribution in [0, 0.1) is 0 Å². The number of phenolic OH excluding ortho intramolecular Hbond substituents is 1. The summed E-state index contributed by atoms with van der Waals surface area (Å²) in [6.45, 7) is 8.27. The minimum atomic E-state index is -1.63. The van der Waals surface area contributed by atoms with Crippen LogP contribution in [-0.2, 0) is 27.1 Å². The van der Waals surface area contributed by atoms with Crippen LogP contribution in [0.5, 0.6) is 11.5 Å². The smallest absolute Gasteiger partial charge is 0.334 e. The number of esters is 1. The average Bonchev–Trinajstić information content (AvgIpc) is 2.85. The van der Waals surface area contributed by atoms with E-state index in [0.29, 0.717) is 29.7 Å². The predicted molar refractivity (Wildman–Crippen MR) is 131 cm³/mol. The number of carbonyl (C=O) groups excluding carboxylic acids is 1. The minimum absolute atomic E-state index is 0.110. The molecule has 3 rings (SSSR count). The van der Waals surface area contributed by atoms with Crippen LogP contribution in [0.25, 0.3) is 11.1 Å². The molecule has 0 radical (unpaired) electrons. The maximum absolute atomic E-state index is 11.6. The maximum Gasteiger partial charge on any atom is 0.334 e. The van der Waals surface area contributed by atoms with Crippen molar-refractivity contribution in [3.63, 3.8) is 0 Å². The second-order valence-corrected chi connectivity index (χ2v) is 8.60. The zero-order chi connectivity index (χ0) is 26.4. The third-order valence-corrected chi connectivity index (χ3v) is 5.82. The monoisotopic (exact) mass is 500 g/mol. The molecule has 0 saturated carbocycles. The number of rotatable bonds is 10. The van der Waals surface area contributed by atoms with E-state index in [1.807, 2.05) is 18.2 Å². The number of aliphatic hydroxyl groups excluding tert-OH is 4. The van der Waals surface area contributed by atoms with E-state index in [4.69, 9.17) is 14.2 Å². The Morgan fingerprint density at radius 1 is 1.06 bits per heavy atom. The number of hydrogen-bond acceptors (Lipinski definition) is 9. The molecule has 0 aliphatic carbocycles. The SMILES string of the molecule is C=CCc1ccc(O)c(-c2ccc(O[C@@H]3O[C@H](COC(=O)[C@@H](C)O)[C@@H](O)[C@H](O)[C@H]3O)c(CC=C)c2)c1. The second kappa shape index (κ2) is 12.2. The Hall–Kier alpha value is -3.21. The summed E-state index contributed by atoms with van der Waals surface area (Å²) in [5.74, 6) is -0.486. The van der Waals surface area contributed by atoms with Gasteiger partial charge in [-0.2, -0.15) is 0 Å². The minimum Gasteiger partial charge on any atom is -0.507 e. The number of benzene rings is 2. The molecule has 0 unspecified atom stereocenters. The number of aliphatic hydroxyl groups is 4. The fourth-order valence-corrected chi connectivity index (χ4v) is 3.85. The van der Waals surface area contributed by atoms with E-state index in [-0.39, 0.29) is 5.75 Å². The highest BCUT2D eigenvalue weighted by atomic mass is 16.7. The molecule has 1 aliphatic heterocycles. The molecule has 6 atom stereocenters. The first-order valence-corrected chi connectivity index (χ1v) is 11.5. The van der Waals surface area contributed by atoms with Crippen LogP contribution in [0.3, 0.4) is 0 Å². The number of aromatic hydroxyl groups is 1. The predicted octanol–water partition coefficient (Wildman–Crippen LogP) is 1.63. The molecule has 2 aromatic carbocycles. The summed E-state index contributed by atoms with van der Waals surface area (Å²) in [6, 6.07) is 10.5. The summed E-state index contributed by atoms with van der Waals surface area (Å²) >= 11 is 0. The van der Waals surface area contributed by atoms with E-state index in [9.17, 15) is 30.3 Å². The third kappa shape index (κ3) is 6.31. The highest BCUT2D eigenvalue weighted by molar-refractivity contribution is 5.74. The fourth-order valence-electron chi connectivity index (χ4n) is 3.85. The maximum atomic E-state index is 11.6. The first kappa shape index (κ1) is 27.4. The Morgan fingerprint density at radius 3 is 2.44 bits per heavy atom. The summed E-state index contributed by atoms with van der Waals surface area (Å²) in [5, 5.41) is 50.7. The van der Waals surface area contributed by atoms with Crippen molar-refractivity contribution >= 4 is 5.97 Å². The number of hydrogen-bond donors (Lipinski definition) is 5. The zero-order valence-corrected chi connectivity index (χ0v) is 20.0. The van der Waals surface area contributed by atoms with Gasteiger partial charge in [0.15, 0.2) is 0 Å². The first-order valence-electron chi connectivity index (χ1n) is 11.5. The lowest BCUT2D eigenvalue weighted by Gasteiger charge is -2.40. The highest BCUT2D eigenvalue weighted by Crippen LogP contribution is 2.35. The van der Waals surface area contributed by atoms with Crippen LogP contribution in [0.2, 0.25) is 0 Å². The number of phenols is 1. The Kier molecular flexibility index (Phi) is 9.25. The van der Waals surface area contributed by atoms with Gasteiger partial charge in [0.2, 0.25) is 6.29 Å². The van der Waals surface area contributed by atoms with E-state index in [2.05, 4.69) is 13.2 Å². The van der Waals surface area contributed by atoms with Crippen molar-refractivity contribution in [3.8, 4) is 22.6 Å². The van der Waals surface area contributed by atoms with Gasteiger partial charge in [-0.25, -0.2) is 4.79 Å². The molecule has 5 N–H and O–H groups in total. The van der Waals surface area contributed by atoms with Gasteiger partial charge in [-0.3, -0.25) is 0 Å². The van der Waals surface area contributed by atoms with Gasteiger partial charge >= 0.3 is 5.97 Å². The molecule has 0 amide bonds. The van der Waals surface area contributed by atoms with Gasteiger partial charge in [0, 0.05) is 5.56 Å². The molecule has 9 nitrogen and oxygen atoms in total. The number of ether oxygens (including phenoxy) is 3. The van der Waals surface area contributed by atoms with Crippen molar-refractivity contribution in [1.82, 2.24) is 0 Å². The molecule has 36 heavy (non-hydrogen) atoms. The van der Waals surface area contributed by atoms with Gasteiger partial charge in [-0.1, -0.05) is 24.3 Å². The summed E-state index contributed by atoms with van der Waals surface area (Å²) in [7, 11) is 0. The molecule has 1 saturated heterocycles. The Labute approximate surface area is 209 Å². The van der Waals surface area contributed by atoms with Crippen LogP contribution in [-0.4, -0.2) is 74.9 Å². The fraction of sp³-hybridized carbons (Fsp3) is 0.370. The van der Waals surface area contributed by atoms with Gasteiger partial charge in [-0.15, -0.1) is 13.2 Å². The van der Waals surface area contributed by atoms with Crippen molar-refractivity contribution in [2.24, 2.45) is 0 Å². The van der Waals surface area contributed by atoms with Gasteiger partial charge in [0.05, 0.1) is 0 Å². The van der Waals surface area contributed by atoms with Crippen LogP contribution in [0.15, 0.2) is 61.7 Å². The Balaban J connectivity index is 1.85. The van der Waals surface area contributed by atoms with Crippen molar-refractivity contribution < 1.29 is 44.5 Å². The molecule has 1 heterocycles. The summed E-state index contributed by atoms with van der Waals surface area (Å²) in [6.07, 6.45) is -4.28. The number of allylic oxidation sites excluding steroid dienone is 2.